The Morgan fingerprint density at radius 1 is 1.17 bits per heavy atom. The number of halogens is 1. The Morgan fingerprint density at radius 3 is 2.44 bits per heavy atom. The van der Waals surface area contributed by atoms with Gasteiger partial charge in [-0.25, -0.2) is 0 Å². The molecule has 18 heavy (non-hydrogen) atoms. The summed E-state index contributed by atoms with van der Waals surface area (Å²) in [5, 5.41) is 0. The highest BCUT2D eigenvalue weighted by Crippen LogP contribution is 2.24. The lowest BCUT2D eigenvalue weighted by molar-refractivity contribution is 0.131. The second-order valence-electron chi connectivity index (χ2n) is 4.67. The maximum atomic E-state index is 5.29. The van der Waals surface area contributed by atoms with Gasteiger partial charge in [0.05, 0.1) is 7.11 Å². The van der Waals surface area contributed by atoms with Crippen LogP contribution in [0.2, 0.25) is 0 Å². The molecule has 1 aromatic rings. The number of ether oxygens (including phenoxy) is 1. The SMILES string of the molecule is CCN1CCN(Cc2cc(OC)ccc2Br)CC1. The summed E-state index contributed by atoms with van der Waals surface area (Å²) in [6, 6.07) is 6.18. The molecular formula is C14H21BrN2O. The fourth-order valence-electron chi connectivity index (χ4n) is 2.30. The highest BCUT2D eigenvalue weighted by atomic mass is 79.9. The summed E-state index contributed by atoms with van der Waals surface area (Å²) in [4.78, 5) is 5.00. The summed E-state index contributed by atoms with van der Waals surface area (Å²) in [6.07, 6.45) is 0. The first-order chi connectivity index (χ1) is 8.72. The van der Waals surface area contributed by atoms with E-state index in [4.69, 9.17) is 4.74 Å². The summed E-state index contributed by atoms with van der Waals surface area (Å²) in [5.74, 6) is 0.931. The molecule has 0 atom stereocenters. The lowest BCUT2D eigenvalue weighted by Crippen LogP contribution is -2.45. The molecule has 100 valence electrons. The minimum absolute atomic E-state index is 0.931. The van der Waals surface area contributed by atoms with Gasteiger partial charge >= 0.3 is 0 Å². The molecule has 0 amide bonds. The van der Waals surface area contributed by atoms with Crippen LogP contribution in [0.25, 0.3) is 0 Å². The number of rotatable bonds is 4. The van der Waals surface area contributed by atoms with E-state index in [-0.39, 0.29) is 0 Å². The van der Waals surface area contributed by atoms with Crippen LogP contribution >= 0.6 is 15.9 Å². The summed E-state index contributed by atoms with van der Waals surface area (Å²) in [7, 11) is 1.72. The molecule has 1 aliphatic heterocycles. The van der Waals surface area contributed by atoms with E-state index in [1.807, 2.05) is 6.07 Å². The van der Waals surface area contributed by atoms with Gasteiger partial charge in [-0.15, -0.1) is 0 Å². The van der Waals surface area contributed by atoms with Crippen molar-refractivity contribution in [2.45, 2.75) is 13.5 Å². The van der Waals surface area contributed by atoms with Gasteiger partial charge in [-0.05, 0) is 30.3 Å². The van der Waals surface area contributed by atoms with Crippen molar-refractivity contribution in [3.63, 3.8) is 0 Å². The number of piperazine rings is 1. The third kappa shape index (κ3) is 3.46. The Labute approximate surface area is 118 Å². The Kier molecular flexibility index (Phi) is 5.03. The number of hydrogen-bond acceptors (Lipinski definition) is 3. The Bertz CT molecular complexity index is 389. The quantitative estimate of drug-likeness (QED) is 0.850. The summed E-state index contributed by atoms with van der Waals surface area (Å²) in [5.41, 5.74) is 1.30. The van der Waals surface area contributed by atoms with Gasteiger partial charge < -0.3 is 9.64 Å². The van der Waals surface area contributed by atoms with Gasteiger partial charge in [0.25, 0.3) is 0 Å². The molecule has 0 aliphatic carbocycles. The molecule has 1 aliphatic rings. The van der Waals surface area contributed by atoms with Gasteiger partial charge in [0.2, 0.25) is 0 Å². The number of methoxy groups -OCH3 is 1. The van der Waals surface area contributed by atoms with Crippen LogP contribution in [0.3, 0.4) is 0 Å². The lowest BCUT2D eigenvalue weighted by Gasteiger charge is -2.34. The van der Waals surface area contributed by atoms with Crippen molar-refractivity contribution in [3.05, 3.63) is 28.2 Å². The van der Waals surface area contributed by atoms with Gasteiger partial charge in [0.15, 0.2) is 0 Å². The van der Waals surface area contributed by atoms with E-state index in [0.29, 0.717) is 0 Å². The minimum atomic E-state index is 0.931. The van der Waals surface area contributed by atoms with E-state index in [0.717, 1.165) is 31.9 Å². The first kappa shape index (κ1) is 13.8. The van der Waals surface area contributed by atoms with E-state index in [9.17, 15) is 0 Å². The monoisotopic (exact) mass is 312 g/mol. The largest absolute Gasteiger partial charge is 0.497 e. The second-order valence-corrected chi connectivity index (χ2v) is 5.52. The molecule has 0 bridgehead atoms. The molecule has 0 N–H and O–H groups in total. The lowest BCUT2D eigenvalue weighted by atomic mass is 10.2. The zero-order chi connectivity index (χ0) is 13.0. The molecule has 0 spiro atoms. The molecule has 0 aromatic heterocycles. The molecule has 4 heteroatoms. The average molecular weight is 313 g/mol. The zero-order valence-corrected chi connectivity index (χ0v) is 12.7. The van der Waals surface area contributed by atoms with E-state index >= 15 is 0 Å². The van der Waals surface area contributed by atoms with E-state index in [2.05, 4.69) is 44.8 Å². The van der Waals surface area contributed by atoms with Crippen LogP contribution in [0.15, 0.2) is 22.7 Å². The average Bonchev–Trinajstić information content (AvgIpc) is 2.42. The fraction of sp³-hybridized carbons (Fsp3) is 0.571. The highest BCUT2D eigenvalue weighted by Gasteiger charge is 2.16. The molecule has 1 fully saturated rings. The summed E-state index contributed by atoms with van der Waals surface area (Å²) >= 11 is 3.62. The maximum absolute atomic E-state index is 5.29. The van der Waals surface area contributed by atoms with Crippen molar-refractivity contribution < 1.29 is 4.74 Å². The second kappa shape index (κ2) is 6.55. The van der Waals surface area contributed by atoms with Crippen molar-refractivity contribution >= 4 is 15.9 Å². The van der Waals surface area contributed by atoms with Crippen molar-refractivity contribution in [3.8, 4) is 5.75 Å². The molecule has 3 nitrogen and oxygen atoms in total. The van der Waals surface area contributed by atoms with E-state index < -0.39 is 0 Å². The zero-order valence-electron chi connectivity index (χ0n) is 11.2. The van der Waals surface area contributed by atoms with Crippen molar-refractivity contribution in [1.82, 2.24) is 9.80 Å². The molecule has 1 aromatic carbocycles. The number of benzene rings is 1. The van der Waals surface area contributed by atoms with Gasteiger partial charge in [-0.1, -0.05) is 22.9 Å². The Morgan fingerprint density at radius 2 is 1.83 bits per heavy atom. The van der Waals surface area contributed by atoms with Crippen LogP contribution in [0.4, 0.5) is 0 Å². The molecule has 1 saturated heterocycles. The number of likely N-dealkylation sites (N-methyl/N-ethyl adjacent to an activating group) is 1. The predicted octanol–water partition coefficient (Wildman–Crippen LogP) is 2.60. The number of hydrogen-bond donors (Lipinski definition) is 0. The van der Waals surface area contributed by atoms with Gasteiger partial charge in [-0.2, -0.15) is 0 Å². The van der Waals surface area contributed by atoms with Crippen LogP contribution in [0, 0.1) is 0 Å². The maximum Gasteiger partial charge on any atom is 0.119 e. The predicted molar refractivity (Wildman–Crippen MR) is 78.1 cm³/mol. The van der Waals surface area contributed by atoms with E-state index in [1.54, 1.807) is 7.11 Å². The van der Waals surface area contributed by atoms with Crippen LogP contribution < -0.4 is 4.74 Å². The van der Waals surface area contributed by atoms with Crippen LogP contribution in [-0.4, -0.2) is 49.6 Å². The van der Waals surface area contributed by atoms with Crippen LogP contribution in [-0.2, 0) is 6.54 Å². The van der Waals surface area contributed by atoms with Gasteiger partial charge in [0.1, 0.15) is 5.75 Å². The van der Waals surface area contributed by atoms with E-state index in [1.165, 1.54) is 23.1 Å². The molecule has 1 heterocycles. The normalized spacial score (nSPS) is 17.9. The molecular weight excluding hydrogens is 292 g/mol. The van der Waals surface area contributed by atoms with Crippen molar-refractivity contribution in [2.24, 2.45) is 0 Å². The first-order valence-corrected chi connectivity index (χ1v) is 7.29. The third-order valence-electron chi connectivity index (χ3n) is 3.56. The smallest absolute Gasteiger partial charge is 0.119 e. The van der Waals surface area contributed by atoms with Crippen molar-refractivity contribution in [1.29, 1.82) is 0 Å². The van der Waals surface area contributed by atoms with Gasteiger partial charge in [-0.3, -0.25) is 4.90 Å². The molecule has 0 unspecified atom stereocenters. The third-order valence-corrected chi connectivity index (χ3v) is 4.33. The Balaban J connectivity index is 1.97. The molecule has 2 rings (SSSR count). The molecule has 0 saturated carbocycles. The first-order valence-electron chi connectivity index (χ1n) is 6.50. The standard InChI is InChI=1S/C14H21BrN2O/c1-3-16-6-8-17(9-7-16)11-12-10-13(18-2)4-5-14(12)15/h4-5,10H,3,6-9,11H2,1-2H3. The van der Waals surface area contributed by atoms with Crippen LogP contribution in [0.5, 0.6) is 5.75 Å². The Hall–Kier alpha value is -0.580. The van der Waals surface area contributed by atoms with Crippen LogP contribution in [0.1, 0.15) is 12.5 Å². The summed E-state index contributed by atoms with van der Waals surface area (Å²) in [6.45, 7) is 9.05. The van der Waals surface area contributed by atoms with Crippen molar-refractivity contribution in [2.75, 3.05) is 39.8 Å². The minimum Gasteiger partial charge on any atom is -0.497 e. The summed E-state index contributed by atoms with van der Waals surface area (Å²) < 4.78 is 6.45. The highest BCUT2D eigenvalue weighted by molar-refractivity contribution is 9.10. The molecule has 0 radical (unpaired) electrons. The number of nitrogens with zero attached hydrogens (tertiary/aromatic N) is 2. The fourth-order valence-corrected chi connectivity index (χ4v) is 2.68. The topological polar surface area (TPSA) is 15.7 Å². The van der Waals surface area contributed by atoms with Gasteiger partial charge in [0, 0.05) is 37.2 Å².